The number of ether oxygens (including phenoxy) is 2. The van der Waals surface area contributed by atoms with Crippen molar-refractivity contribution < 1.29 is 54.6 Å². The van der Waals surface area contributed by atoms with Gasteiger partial charge in [0.25, 0.3) is 11.1 Å². The third-order valence-electron chi connectivity index (χ3n) is 7.25. The quantitative estimate of drug-likeness (QED) is 0.0495. The van der Waals surface area contributed by atoms with Crippen molar-refractivity contribution in [2.24, 2.45) is 0 Å². The maximum atomic E-state index is 12.0. The topological polar surface area (TPSA) is 380 Å². The van der Waals surface area contributed by atoms with E-state index in [4.69, 9.17) is 41.3 Å². The lowest BCUT2D eigenvalue weighted by Gasteiger charge is -2.17. The van der Waals surface area contributed by atoms with Crippen LogP contribution in [0.3, 0.4) is 0 Å². The smallest absolute Gasteiger partial charge is 0.263 e. The fourth-order valence-electron chi connectivity index (χ4n) is 5.07. The Labute approximate surface area is 266 Å². The number of aromatic nitrogens is 6. The van der Waals surface area contributed by atoms with Gasteiger partial charge in [-0.2, -0.15) is 30.1 Å². The number of rotatable bonds is 7. The zero-order valence-electron chi connectivity index (χ0n) is 24.1. The van der Waals surface area contributed by atoms with Crippen LogP contribution in [0.5, 0.6) is 0 Å². The molecule has 0 aromatic carbocycles. The van der Waals surface area contributed by atoms with Crippen molar-refractivity contribution in [2.75, 3.05) is 24.4 Å². The molecular formula is C24H27N10O13P. The largest absolute Gasteiger partial charge is 0.394 e. The van der Waals surface area contributed by atoms with Crippen LogP contribution in [0.4, 0.5) is 11.9 Å². The van der Waals surface area contributed by atoms with Gasteiger partial charge >= 0.3 is 0 Å². The molecule has 0 saturated carbocycles. The number of aliphatic hydroxyl groups excluding tert-OH is 6. The lowest BCUT2D eigenvalue weighted by Crippen LogP contribution is -2.33. The first-order valence-electron chi connectivity index (χ1n) is 13.5. The molecule has 0 amide bonds. The van der Waals surface area contributed by atoms with Gasteiger partial charge in [-0.05, 0) is 0 Å². The maximum Gasteiger partial charge on any atom is 0.263 e. The molecule has 4 aromatic rings. The second kappa shape index (κ2) is 13.9. The third-order valence-corrected chi connectivity index (χ3v) is 7.75. The molecule has 9 atom stereocenters. The molecule has 256 valence electrons. The molecule has 2 aliphatic rings. The molecular weight excluding hydrogens is 667 g/mol. The summed E-state index contributed by atoms with van der Waals surface area (Å²) in [6, 6.07) is 3.68. The van der Waals surface area contributed by atoms with Gasteiger partial charge in [-0.1, -0.05) is 0 Å². The van der Waals surface area contributed by atoms with E-state index in [0.29, 0.717) is 0 Å². The monoisotopic (exact) mass is 694 g/mol. The number of nitrogens with two attached hydrogens (primary N) is 2. The van der Waals surface area contributed by atoms with Gasteiger partial charge in [0.2, 0.25) is 26.6 Å². The summed E-state index contributed by atoms with van der Waals surface area (Å²) in [5.41, 5.74) is 9.77. The number of nitrogens with one attached hydrogen (secondary N) is 2. The Bertz CT molecular complexity index is 2020. The lowest BCUT2D eigenvalue weighted by molar-refractivity contribution is -0.332. The van der Waals surface area contributed by atoms with E-state index in [9.17, 15) is 35.3 Å². The van der Waals surface area contributed by atoms with Crippen molar-refractivity contribution in [3.63, 3.8) is 0 Å². The highest BCUT2D eigenvalue weighted by Crippen LogP contribution is 2.37. The predicted molar refractivity (Wildman–Crippen MR) is 156 cm³/mol. The van der Waals surface area contributed by atoms with E-state index in [-0.39, 0.29) is 45.1 Å². The summed E-state index contributed by atoms with van der Waals surface area (Å²) in [7, 11) is -2.30. The van der Waals surface area contributed by atoms with E-state index in [1.165, 1.54) is 17.0 Å². The SMILES string of the molecule is N#Cc1cn([C@@H]2O[C@H](CO)[C@H](O)C2O)c2nc(N)[nH]c(=O)c12.N#Cc1cn([C@@H]2O[C@H](OOP(O)CO)[C@H](O)C2O)c2nc(N)[nH]c(=O)c12. The molecule has 3 unspecified atom stereocenters. The Balaban J connectivity index is 0.000000190. The zero-order chi connectivity index (χ0) is 35.0. The van der Waals surface area contributed by atoms with Crippen LogP contribution in [0, 0.1) is 22.7 Å². The minimum Gasteiger partial charge on any atom is -0.394 e. The number of hydrogen-bond acceptors (Lipinski definition) is 19. The lowest BCUT2D eigenvalue weighted by atomic mass is 10.1. The maximum absolute atomic E-state index is 12.0. The fraction of sp³-hybridized carbons (Fsp3) is 0.417. The highest BCUT2D eigenvalue weighted by atomic mass is 31.2. The minimum absolute atomic E-state index is 0.00874. The molecule has 0 aliphatic carbocycles. The van der Waals surface area contributed by atoms with Gasteiger partial charge < -0.3 is 65.6 Å². The predicted octanol–water partition coefficient (Wildman–Crippen LogP) is -4.25. The van der Waals surface area contributed by atoms with E-state index in [1.807, 2.05) is 12.1 Å². The average Bonchev–Trinajstić information content (AvgIpc) is 3.77. The van der Waals surface area contributed by atoms with Gasteiger partial charge in [0.05, 0.1) is 17.7 Å². The van der Waals surface area contributed by atoms with Crippen LogP contribution in [0.2, 0.25) is 0 Å². The number of aliphatic hydroxyl groups is 6. The van der Waals surface area contributed by atoms with Crippen molar-refractivity contribution >= 4 is 42.3 Å². The second-order valence-corrected chi connectivity index (χ2v) is 11.3. The second-order valence-electron chi connectivity index (χ2n) is 10.2. The molecule has 48 heavy (non-hydrogen) atoms. The third kappa shape index (κ3) is 6.20. The molecule has 0 bridgehead atoms. The summed E-state index contributed by atoms with van der Waals surface area (Å²) in [4.78, 5) is 50.3. The standard InChI is InChI=1S/C12H14N5O8P.C12H13N5O5/c13-1-4-2-17(8-5(4)9(21)16-12(14)15-8)10-6(19)7(20)11(23-10)24-25-26(22)3-18;13-1-4-2-17(9-6(4)10(21)16-12(14)15-9)11-8(20)7(19)5(3-18)22-11/h2,6-7,10-11,18-20,22H,3H2,(H3,14,15,16,21);2,5,7-8,11,18-20H,3H2,(H3,14,15,16,21)/t6?,7-,10-,11-,26?;5-,7+,8?,11-/m11/s1. The molecule has 0 radical (unpaired) electrons. The molecule has 4 aromatic heterocycles. The molecule has 2 saturated heterocycles. The van der Waals surface area contributed by atoms with Gasteiger partial charge in [-0.15, -0.1) is 0 Å². The molecule has 6 heterocycles. The first-order valence-corrected chi connectivity index (χ1v) is 14.9. The number of hydrogen-bond donors (Lipinski definition) is 11. The Morgan fingerprint density at radius 3 is 1.77 bits per heavy atom. The summed E-state index contributed by atoms with van der Waals surface area (Å²) >= 11 is 0. The van der Waals surface area contributed by atoms with Crippen LogP contribution in [0.25, 0.3) is 22.1 Å². The first kappa shape index (κ1) is 34.7. The van der Waals surface area contributed by atoms with Gasteiger partial charge in [-0.3, -0.25) is 19.6 Å². The van der Waals surface area contributed by atoms with Crippen LogP contribution in [-0.2, 0) is 19.0 Å². The summed E-state index contributed by atoms with van der Waals surface area (Å²) in [5.74, 6) is -0.377. The Morgan fingerprint density at radius 1 is 0.854 bits per heavy atom. The molecule has 13 N–H and O–H groups in total. The number of nitrogens with zero attached hydrogens (tertiary/aromatic N) is 6. The Kier molecular flexibility index (Phi) is 10.0. The number of anilines is 2. The van der Waals surface area contributed by atoms with Gasteiger partial charge in [-0.25, -0.2) is 0 Å². The summed E-state index contributed by atoms with van der Waals surface area (Å²) in [6.07, 6.45) is -8.92. The van der Waals surface area contributed by atoms with Gasteiger partial charge in [0.1, 0.15) is 59.8 Å². The summed E-state index contributed by atoms with van der Waals surface area (Å²) in [5, 5.41) is 76.2. The normalized spacial score (nSPS) is 27.4. The van der Waals surface area contributed by atoms with Gasteiger partial charge in [0, 0.05) is 12.4 Å². The Hall–Kier alpha value is -4.59. The average molecular weight is 695 g/mol. The van der Waals surface area contributed by atoms with E-state index >= 15 is 0 Å². The summed E-state index contributed by atoms with van der Waals surface area (Å²) < 4.78 is 17.6. The van der Waals surface area contributed by atoms with Crippen LogP contribution in [-0.4, -0.2) is 114 Å². The van der Waals surface area contributed by atoms with E-state index in [2.05, 4.69) is 29.5 Å². The molecule has 24 heteroatoms. The highest BCUT2D eigenvalue weighted by Gasteiger charge is 2.47. The van der Waals surface area contributed by atoms with Crippen molar-refractivity contribution in [2.45, 2.75) is 49.3 Å². The van der Waals surface area contributed by atoms with Crippen molar-refractivity contribution in [1.82, 2.24) is 29.1 Å². The zero-order valence-corrected chi connectivity index (χ0v) is 24.9. The molecule has 2 aliphatic heterocycles. The van der Waals surface area contributed by atoms with E-state index in [1.54, 1.807) is 0 Å². The fourth-order valence-corrected chi connectivity index (χ4v) is 5.30. The molecule has 2 fully saturated rings. The van der Waals surface area contributed by atoms with E-state index < -0.39 is 81.7 Å². The van der Waals surface area contributed by atoms with Crippen LogP contribution < -0.4 is 22.6 Å². The molecule has 6 rings (SSSR count). The number of nitrogen functional groups attached to an aromatic ring is 2. The number of H-pyrrole nitrogens is 2. The number of nitriles is 2. The first-order chi connectivity index (χ1) is 22.8. The van der Waals surface area contributed by atoms with Crippen LogP contribution in [0.1, 0.15) is 23.6 Å². The van der Waals surface area contributed by atoms with Crippen LogP contribution in [0.15, 0.2) is 22.0 Å². The number of fused-ring (bicyclic) bond motifs is 2. The molecule has 0 spiro atoms. The van der Waals surface area contributed by atoms with Gasteiger partial charge in [0.15, 0.2) is 23.8 Å². The number of aromatic amines is 2. The van der Waals surface area contributed by atoms with Crippen molar-refractivity contribution in [3.8, 4) is 12.1 Å². The van der Waals surface area contributed by atoms with Crippen LogP contribution >= 0.6 is 8.38 Å². The highest BCUT2D eigenvalue weighted by molar-refractivity contribution is 7.45. The van der Waals surface area contributed by atoms with Crippen molar-refractivity contribution in [1.29, 1.82) is 10.5 Å². The summed E-state index contributed by atoms with van der Waals surface area (Å²) in [6.45, 7) is -0.491. The van der Waals surface area contributed by atoms with Crippen molar-refractivity contribution in [3.05, 3.63) is 44.2 Å². The minimum atomic E-state index is -2.30. The Morgan fingerprint density at radius 2 is 1.33 bits per heavy atom. The van der Waals surface area contributed by atoms with E-state index in [0.717, 1.165) is 4.57 Å². The molecule has 23 nitrogen and oxygen atoms in total.